The summed E-state index contributed by atoms with van der Waals surface area (Å²) in [5.41, 5.74) is 1.86. The first-order chi connectivity index (χ1) is 14.8. The van der Waals surface area contributed by atoms with E-state index in [4.69, 9.17) is 0 Å². The third kappa shape index (κ3) is 3.85. The largest absolute Gasteiger partial charge is 0.292 e. The molecule has 0 amide bonds. The van der Waals surface area contributed by atoms with Crippen molar-refractivity contribution in [2.45, 2.75) is 18.2 Å². The topological polar surface area (TPSA) is 99.3 Å². The number of Topliss-reactive ketones (excluding diaryl/α,β-unsaturated/α-hetero) is 1. The first-order valence-corrected chi connectivity index (χ1v) is 10.9. The molecule has 0 N–H and O–H groups in total. The summed E-state index contributed by atoms with van der Waals surface area (Å²) in [5.74, 6) is -0.402. The van der Waals surface area contributed by atoms with Gasteiger partial charge >= 0.3 is 0 Å². The number of nitro groups is 1. The highest BCUT2D eigenvalue weighted by molar-refractivity contribution is 7.90. The predicted octanol–water partition coefficient (Wildman–Crippen LogP) is 4.52. The van der Waals surface area contributed by atoms with Gasteiger partial charge in [0, 0.05) is 23.9 Å². The Kier molecular flexibility index (Phi) is 5.16. The van der Waals surface area contributed by atoms with Gasteiger partial charge in [-0.25, -0.2) is 12.4 Å². The lowest BCUT2D eigenvalue weighted by molar-refractivity contribution is -0.384. The number of ketones is 1. The molecule has 0 spiro atoms. The molecule has 4 rings (SSSR count). The van der Waals surface area contributed by atoms with Crippen LogP contribution in [0.15, 0.2) is 83.8 Å². The van der Waals surface area contributed by atoms with Crippen molar-refractivity contribution in [3.63, 3.8) is 0 Å². The second-order valence-corrected chi connectivity index (χ2v) is 8.98. The second-order valence-electron chi connectivity index (χ2n) is 7.19. The number of nitrogens with zero attached hydrogens (tertiary/aromatic N) is 2. The third-order valence-corrected chi connectivity index (χ3v) is 6.77. The van der Waals surface area contributed by atoms with E-state index in [9.17, 15) is 23.3 Å². The first-order valence-electron chi connectivity index (χ1n) is 9.46. The zero-order chi connectivity index (χ0) is 22.2. The summed E-state index contributed by atoms with van der Waals surface area (Å²) < 4.78 is 28.0. The van der Waals surface area contributed by atoms with Crippen LogP contribution in [0.3, 0.4) is 0 Å². The summed E-state index contributed by atoms with van der Waals surface area (Å²) in [7, 11) is -4.02. The average Bonchev–Trinajstić information content (AvgIpc) is 3.15. The fourth-order valence-corrected chi connectivity index (χ4v) is 4.94. The Bertz CT molecular complexity index is 1400. The van der Waals surface area contributed by atoms with Crippen LogP contribution in [-0.2, 0) is 16.4 Å². The van der Waals surface area contributed by atoms with E-state index in [1.54, 1.807) is 42.5 Å². The summed E-state index contributed by atoms with van der Waals surface area (Å²) in [4.78, 5) is 23.5. The summed E-state index contributed by atoms with van der Waals surface area (Å²) in [5, 5.41) is 11.5. The number of rotatable bonds is 6. The summed E-state index contributed by atoms with van der Waals surface area (Å²) in [6.07, 6.45) is -0.0856. The van der Waals surface area contributed by atoms with Gasteiger partial charge in [-0.3, -0.25) is 14.9 Å². The van der Waals surface area contributed by atoms with Crippen molar-refractivity contribution in [3.05, 3.63) is 106 Å². The normalized spacial score (nSPS) is 11.5. The van der Waals surface area contributed by atoms with Gasteiger partial charge < -0.3 is 0 Å². The predicted molar refractivity (Wildman–Crippen MR) is 117 cm³/mol. The molecule has 0 aliphatic rings. The SMILES string of the molecule is Cc1ccc(S(=O)(=O)n2c(C(=O)Cc3ccc([N+](=O)[O-])cc3)cc3ccccc32)cc1. The number of aromatic nitrogens is 1. The highest BCUT2D eigenvalue weighted by Crippen LogP contribution is 2.27. The molecule has 0 aliphatic heterocycles. The van der Waals surface area contributed by atoms with E-state index in [1.807, 2.05) is 6.92 Å². The average molecular weight is 434 g/mol. The van der Waals surface area contributed by atoms with Crippen LogP contribution in [-0.4, -0.2) is 23.1 Å². The number of nitro benzene ring substituents is 1. The van der Waals surface area contributed by atoms with E-state index in [-0.39, 0.29) is 22.7 Å². The van der Waals surface area contributed by atoms with Crippen molar-refractivity contribution >= 4 is 32.4 Å². The number of hydrogen-bond donors (Lipinski definition) is 0. The molecule has 7 nitrogen and oxygen atoms in total. The van der Waals surface area contributed by atoms with Gasteiger partial charge in [-0.15, -0.1) is 0 Å². The first kappa shape index (κ1) is 20.5. The van der Waals surface area contributed by atoms with Gasteiger partial charge in [0.1, 0.15) is 5.69 Å². The van der Waals surface area contributed by atoms with Crippen molar-refractivity contribution in [3.8, 4) is 0 Å². The van der Waals surface area contributed by atoms with Crippen LogP contribution in [0.25, 0.3) is 10.9 Å². The molecular weight excluding hydrogens is 416 g/mol. The molecule has 8 heteroatoms. The molecule has 0 saturated carbocycles. The number of para-hydroxylation sites is 1. The van der Waals surface area contributed by atoms with Crippen LogP contribution >= 0.6 is 0 Å². The van der Waals surface area contributed by atoms with Crippen LogP contribution in [0.2, 0.25) is 0 Å². The smallest absolute Gasteiger partial charge is 0.269 e. The molecule has 0 saturated heterocycles. The van der Waals surface area contributed by atoms with E-state index in [2.05, 4.69) is 0 Å². The number of non-ortho nitro benzene ring substituents is 1. The highest BCUT2D eigenvalue weighted by atomic mass is 32.2. The van der Waals surface area contributed by atoms with Gasteiger partial charge in [-0.1, -0.05) is 48.0 Å². The molecule has 0 atom stereocenters. The number of hydrogen-bond acceptors (Lipinski definition) is 5. The highest BCUT2D eigenvalue weighted by Gasteiger charge is 2.26. The maximum Gasteiger partial charge on any atom is 0.269 e. The fourth-order valence-electron chi connectivity index (χ4n) is 3.41. The maximum atomic E-state index is 13.5. The van der Waals surface area contributed by atoms with Gasteiger partial charge in [0.25, 0.3) is 15.7 Å². The standard InChI is InChI=1S/C23H18N2O5S/c1-16-6-12-20(13-7-16)31(29,30)24-21-5-3-2-4-18(21)15-22(24)23(26)14-17-8-10-19(11-9-17)25(27)28/h2-13,15H,14H2,1H3. The number of fused-ring (bicyclic) bond motifs is 1. The molecule has 156 valence electrons. The molecule has 1 aromatic heterocycles. The minimum atomic E-state index is -4.02. The Labute approximate surface area is 178 Å². The quantitative estimate of drug-likeness (QED) is 0.252. The maximum absolute atomic E-state index is 13.5. The Morgan fingerprint density at radius 1 is 0.968 bits per heavy atom. The minimum absolute atomic E-state index is 0.0418. The van der Waals surface area contributed by atoms with Crippen LogP contribution in [0.1, 0.15) is 21.6 Å². The molecule has 0 radical (unpaired) electrons. The lowest BCUT2D eigenvalue weighted by atomic mass is 10.1. The molecule has 0 fully saturated rings. The van der Waals surface area contributed by atoms with Gasteiger partial charge in [0.05, 0.1) is 15.3 Å². The summed E-state index contributed by atoms with van der Waals surface area (Å²) in [6.45, 7) is 1.86. The monoisotopic (exact) mass is 434 g/mol. The van der Waals surface area contributed by atoms with Crippen molar-refractivity contribution in [1.82, 2.24) is 3.97 Å². The van der Waals surface area contributed by atoms with Crippen LogP contribution in [0, 0.1) is 17.0 Å². The van der Waals surface area contributed by atoms with Gasteiger partial charge in [0.15, 0.2) is 5.78 Å². The zero-order valence-electron chi connectivity index (χ0n) is 16.6. The lowest BCUT2D eigenvalue weighted by Gasteiger charge is -2.12. The van der Waals surface area contributed by atoms with E-state index in [0.29, 0.717) is 16.5 Å². The molecule has 3 aromatic carbocycles. The van der Waals surface area contributed by atoms with E-state index in [1.165, 1.54) is 36.4 Å². The van der Waals surface area contributed by atoms with Crippen molar-refractivity contribution in [1.29, 1.82) is 0 Å². The van der Waals surface area contributed by atoms with E-state index >= 15 is 0 Å². The number of benzene rings is 3. The fraction of sp³-hybridized carbons (Fsp3) is 0.0870. The summed E-state index contributed by atoms with van der Waals surface area (Å²) in [6, 6.07) is 20.5. The molecule has 31 heavy (non-hydrogen) atoms. The van der Waals surface area contributed by atoms with Gasteiger partial charge in [0.2, 0.25) is 0 Å². The number of aryl methyl sites for hydroxylation is 1. The lowest BCUT2D eigenvalue weighted by Crippen LogP contribution is -2.19. The zero-order valence-corrected chi connectivity index (χ0v) is 17.4. The van der Waals surface area contributed by atoms with Crippen LogP contribution in [0.5, 0.6) is 0 Å². The van der Waals surface area contributed by atoms with Crippen molar-refractivity contribution in [2.24, 2.45) is 0 Å². The molecule has 4 aromatic rings. The van der Waals surface area contributed by atoms with E-state index in [0.717, 1.165) is 9.54 Å². The Hall–Kier alpha value is -3.78. The van der Waals surface area contributed by atoms with Crippen LogP contribution < -0.4 is 0 Å². The second kappa shape index (κ2) is 7.81. The molecule has 1 heterocycles. The van der Waals surface area contributed by atoms with Crippen LogP contribution in [0.4, 0.5) is 5.69 Å². The van der Waals surface area contributed by atoms with Crippen molar-refractivity contribution < 1.29 is 18.1 Å². The molecule has 0 unspecified atom stereocenters. The molecule has 0 bridgehead atoms. The summed E-state index contributed by atoms with van der Waals surface area (Å²) >= 11 is 0. The van der Waals surface area contributed by atoms with Gasteiger partial charge in [-0.05, 0) is 36.8 Å². The van der Waals surface area contributed by atoms with E-state index < -0.39 is 20.7 Å². The third-order valence-electron chi connectivity index (χ3n) is 5.02. The van der Waals surface area contributed by atoms with Crippen molar-refractivity contribution in [2.75, 3.05) is 0 Å². The number of carbonyl (C=O) groups excluding carboxylic acids is 1. The number of carbonyl (C=O) groups is 1. The molecular formula is C23H18N2O5S. The Balaban J connectivity index is 1.80. The Morgan fingerprint density at radius 2 is 1.61 bits per heavy atom. The minimum Gasteiger partial charge on any atom is -0.292 e. The molecule has 0 aliphatic carbocycles. The Morgan fingerprint density at radius 3 is 2.26 bits per heavy atom. The van der Waals surface area contributed by atoms with Gasteiger partial charge in [-0.2, -0.15) is 0 Å².